The number of esters is 1. The summed E-state index contributed by atoms with van der Waals surface area (Å²) in [5.74, 6) is -3.28. The molecule has 0 spiro atoms. The summed E-state index contributed by atoms with van der Waals surface area (Å²) in [6.45, 7) is 18.9. The lowest BCUT2D eigenvalue weighted by molar-refractivity contribution is -0.353. The van der Waals surface area contributed by atoms with Gasteiger partial charge in [0.1, 0.15) is 73.2 Å². The van der Waals surface area contributed by atoms with Crippen LogP contribution in [-0.2, 0) is 52.3 Å². The van der Waals surface area contributed by atoms with Gasteiger partial charge >= 0.3 is 23.9 Å². The zero-order chi connectivity index (χ0) is 66.7. The first-order valence-electron chi connectivity index (χ1n) is 30.1. The summed E-state index contributed by atoms with van der Waals surface area (Å²) in [6, 6.07) is 0. The molecule has 27 heteroatoms. The van der Waals surface area contributed by atoms with Gasteiger partial charge in [0.25, 0.3) is 0 Å². The van der Waals surface area contributed by atoms with Gasteiger partial charge in [-0.05, 0) is 112 Å². The number of hydrogen-bond acceptors (Lipinski definition) is 24. The minimum absolute atomic E-state index is 0.0172. The van der Waals surface area contributed by atoms with Crippen molar-refractivity contribution in [3.63, 3.8) is 0 Å². The Labute approximate surface area is 513 Å². The van der Waals surface area contributed by atoms with Gasteiger partial charge in [0, 0.05) is 30.6 Å². The fraction of sp³-hybridized carbons (Fsp3) is 0.836. The second kappa shape index (κ2) is 29.5. The predicted octanol–water partition coefficient (Wildman–Crippen LogP) is -0.474. The Balaban J connectivity index is 0.000000265. The van der Waals surface area contributed by atoms with Crippen molar-refractivity contribution in [3.8, 4) is 0 Å². The number of aliphatic carboxylic acids is 3. The van der Waals surface area contributed by atoms with Gasteiger partial charge in [0.15, 0.2) is 18.7 Å². The SMILES string of the molecule is C/C=C(\C)C(=O)O.C/C=C(\C)C(=O)O.CO[C@@H]1CC[C@@]2(C)[C@@H](CC[C@@]3(C)[C@H]2CC=C2[C@H]4CC(C)(C)[C@H](O)[C@@H](OC(C)=O)[C@]4(CO)[C@H](O)C[C@]23C)[C@@]1(C)CO.O=C(O)[C@H]1OC[C@@H](O[C@H]2O[C@@H](CO)[C@@H](O)[C@@H](O)[C@@H]2O)[C@@H](O)[C@@H]1O[C@H]1O[C@@H](CO)[C@@H](O)[C@@H](O)[C@@H]1O. The van der Waals surface area contributed by atoms with Crippen LogP contribution in [0.15, 0.2) is 34.9 Å². The van der Waals surface area contributed by atoms with Crippen LogP contribution in [0.1, 0.15) is 121 Å². The van der Waals surface area contributed by atoms with Crippen LogP contribution in [0.4, 0.5) is 0 Å². The van der Waals surface area contributed by atoms with E-state index in [9.17, 15) is 90.7 Å². The smallest absolute Gasteiger partial charge is 0.335 e. The zero-order valence-corrected chi connectivity index (χ0v) is 52.5. The molecule has 0 aromatic heterocycles. The topological polar surface area (TPSA) is 457 Å². The number of aliphatic hydroxyl groups excluding tert-OH is 13. The van der Waals surface area contributed by atoms with Gasteiger partial charge in [-0.3, -0.25) is 4.79 Å². The standard InChI is InChI=1S/C33H54O7.C18H30O16.2C5H8O2/c1-19(36)40-27-26(38)28(2,3)15-21-20-9-10-23-29(4)13-12-25(39-8)30(5,17-34)22(29)11-14-31(23,6)32(20,7)16-24(37)33(21,27)18-35;19-1-4-7(21)10(24)12(26)17(31-4)33-6-3-30-15(16(28)29)14(9(6)23)34-18-13(27)11(25)8(22)5(2-20)32-18;2*1-3-4(2)5(6)7/h9,21-27,34-35,37-38H,10-18H2,1-8H3;4-15,17-27H,1-3H2,(H,28,29);2*3H,1-2H3,(H,6,7)/b;;2*4-3+/t21-,22-,23+,24-,25-,26-,27-,29+,30-,31+,32-,33+;4-,5-,6+,7+,8+,9+,10+,11+,12-,13-,14-,15-,17+,18+;;/m10../s1. The molecule has 27 nitrogen and oxygen atoms in total. The van der Waals surface area contributed by atoms with Crippen molar-refractivity contribution < 1.29 is 134 Å². The molecule has 7 fully saturated rings. The molecule has 26 atom stereocenters. The first-order chi connectivity index (χ1) is 40.9. The van der Waals surface area contributed by atoms with Crippen LogP contribution in [0.5, 0.6) is 0 Å². The molecule has 4 saturated carbocycles. The molecule has 16 N–H and O–H groups in total. The molecule has 0 amide bonds. The van der Waals surface area contributed by atoms with E-state index in [1.807, 2.05) is 13.8 Å². The number of carbonyl (C=O) groups is 4. The Hall–Kier alpha value is -3.66. The highest BCUT2D eigenvalue weighted by molar-refractivity contribution is 5.86. The zero-order valence-electron chi connectivity index (χ0n) is 52.5. The van der Waals surface area contributed by atoms with E-state index in [2.05, 4.69) is 33.8 Å². The van der Waals surface area contributed by atoms with Crippen LogP contribution in [0.3, 0.4) is 0 Å². The van der Waals surface area contributed by atoms with Crippen molar-refractivity contribution in [3.05, 3.63) is 34.9 Å². The average molecular weight is 1270 g/mol. The summed E-state index contributed by atoms with van der Waals surface area (Å²) >= 11 is 0. The van der Waals surface area contributed by atoms with Crippen LogP contribution in [0, 0.1) is 50.2 Å². The maximum atomic E-state index is 12.2. The van der Waals surface area contributed by atoms with Gasteiger partial charge in [-0.15, -0.1) is 0 Å². The Morgan fingerprint density at radius 3 is 1.61 bits per heavy atom. The van der Waals surface area contributed by atoms with Crippen molar-refractivity contribution in [2.75, 3.05) is 40.1 Å². The second-order valence-electron chi connectivity index (χ2n) is 26.7. The molecule has 5 aliphatic carbocycles. The van der Waals surface area contributed by atoms with Gasteiger partial charge in [-0.1, -0.05) is 65.3 Å². The first kappa shape index (κ1) is 75.1. The van der Waals surface area contributed by atoms with E-state index in [1.54, 1.807) is 47.0 Å². The van der Waals surface area contributed by atoms with Gasteiger partial charge in [0.2, 0.25) is 0 Å². The molecule has 88 heavy (non-hydrogen) atoms. The van der Waals surface area contributed by atoms with E-state index in [1.165, 1.54) is 12.5 Å². The molecular weight excluding hydrogens is 1160 g/mol. The summed E-state index contributed by atoms with van der Waals surface area (Å²) in [5.41, 5.74) is -0.373. The van der Waals surface area contributed by atoms with E-state index in [0.717, 1.165) is 32.1 Å². The molecule has 8 rings (SSSR count). The van der Waals surface area contributed by atoms with E-state index in [-0.39, 0.29) is 46.9 Å². The summed E-state index contributed by atoms with van der Waals surface area (Å²) in [5, 5.41) is 160. The lowest BCUT2D eigenvalue weighted by Crippen LogP contribution is -2.72. The molecule has 3 saturated heterocycles. The van der Waals surface area contributed by atoms with Gasteiger partial charge in [-0.2, -0.15) is 0 Å². The quantitative estimate of drug-likeness (QED) is 0.0629. The molecule has 8 aliphatic rings. The number of methoxy groups -OCH3 is 1. The van der Waals surface area contributed by atoms with Crippen molar-refractivity contribution in [2.45, 2.75) is 231 Å². The van der Waals surface area contributed by atoms with Crippen LogP contribution in [-0.4, -0.2) is 256 Å². The minimum atomic E-state index is -1.90. The van der Waals surface area contributed by atoms with Crippen LogP contribution in [0.2, 0.25) is 0 Å². The number of aliphatic hydroxyl groups is 13. The molecule has 3 aliphatic heterocycles. The van der Waals surface area contributed by atoms with Crippen LogP contribution < -0.4 is 0 Å². The number of allylic oxidation sites excluding steroid dienone is 4. The number of carboxylic acids is 3. The number of carboxylic acid groups (broad SMARTS) is 3. The van der Waals surface area contributed by atoms with Gasteiger partial charge in [0.05, 0.1) is 56.8 Å². The fourth-order valence-corrected chi connectivity index (χ4v) is 15.8. The van der Waals surface area contributed by atoms with Crippen molar-refractivity contribution in [2.24, 2.45) is 50.2 Å². The molecule has 0 unspecified atom stereocenters. The fourth-order valence-electron chi connectivity index (χ4n) is 15.8. The molecule has 0 radical (unpaired) electrons. The highest BCUT2D eigenvalue weighted by Gasteiger charge is 2.73. The first-order valence-corrected chi connectivity index (χ1v) is 30.1. The van der Waals surface area contributed by atoms with Crippen molar-refractivity contribution in [1.82, 2.24) is 0 Å². The molecule has 3 heterocycles. The number of fused-ring (bicyclic) bond motifs is 7. The lowest BCUT2D eigenvalue weighted by Gasteiger charge is -2.72. The third-order valence-corrected chi connectivity index (χ3v) is 21.6. The molecule has 506 valence electrons. The van der Waals surface area contributed by atoms with E-state index in [4.69, 9.17) is 43.4 Å². The van der Waals surface area contributed by atoms with Crippen molar-refractivity contribution >= 4 is 23.9 Å². The Morgan fingerprint density at radius 2 is 1.18 bits per heavy atom. The van der Waals surface area contributed by atoms with Gasteiger partial charge in [-0.25, -0.2) is 14.4 Å². The lowest BCUT2D eigenvalue weighted by atomic mass is 9.33. The van der Waals surface area contributed by atoms with Crippen molar-refractivity contribution in [1.29, 1.82) is 0 Å². The normalized spacial score (nSPS) is 45.4. The highest BCUT2D eigenvalue weighted by Crippen LogP contribution is 2.76. The van der Waals surface area contributed by atoms with Crippen LogP contribution >= 0.6 is 0 Å². The van der Waals surface area contributed by atoms with E-state index < -0.39 is 159 Å². The Bertz CT molecular complexity index is 2460. The number of ether oxygens (including phenoxy) is 7. The molecule has 0 aromatic carbocycles. The molecule has 0 aromatic rings. The third-order valence-electron chi connectivity index (χ3n) is 21.6. The average Bonchev–Trinajstić information content (AvgIpc) is 0.729. The van der Waals surface area contributed by atoms with E-state index >= 15 is 0 Å². The van der Waals surface area contributed by atoms with E-state index in [0.29, 0.717) is 35.8 Å². The number of rotatable bonds is 13. The number of hydrogen-bond donors (Lipinski definition) is 16. The summed E-state index contributed by atoms with van der Waals surface area (Å²) in [7, 11) is 1.77. The summed E-state index contributed by atoms with van der Waals surface area (Å²) in [4.78, 5) is 43.6. The summed E-state index contributed by atoms with van der Waals surface area (Å²) in [6.07, 6.45) is -15.1. The maximum Gasteiger partial charge on any atom is 0.335 e. The Kier molecular flexibility index (Phi) is 25.2. The van der Waals surface area contributed by atoms with Crippen LogP contribution in [0.25, 0.3) is 0 Å². The molecule has 0 bridgehead atoms. The summed E-state index contributed by atoms with van der Waals surface area (Å²) < 4.78 is 38.1. The number of carbonyl (C=O) groups excluding carboxylic acids is 1. The third kappa shape index (κ3) is 14.0. The Morgan fingerprint density at radius 1 is 0.659 bits per heavy atom. The highest BCUT2D eigenvalue weighted by atomic mass is 16.7. The van der Waals surface area contributed by atoms with Gasteiger partial charge < -0.3 is 115 Å². The maximum absolute atomic E-state index is 12.2. The monoisotopic (exact) mass is 1260 g/mol. The predicted molar refractivity (Wildman–Crippen MR) is 307 cm³/mol. The second-order valence-corrected chi connectivity index (χ2v) is 26.7. The minimum Gasteiger partial charge on any atom is -0.479 e. The molecular formula is C61H100O27. The largest absolute Gasteiger partial charge is 0.479 e.